The minimum absolute atomic E-state index is 0.187. The van der Waals surface area contributed by atoms with Gasteiger partial charge in [-0.15, -0.1) is 0 Å². The van der Waals surface area contributed by atoms with Gasteiger partial charge in [-0.1, -0.05) is 6.92 Å². The summed E-state index contributed by atoms with van der Waals surface area (Å²) in [6, 6.07) is 6.45. The Balaban J connectivity index is 1.68. The first-order valence-corrected chi connectivity index (χ1v) is 8.35. The third-order valence-electron chi connectivity index (χ3n) is 3.90. The quantitative estimate of drug-likeness (QED) is 0.876. The van der Waals surface area contributed by atoms with Gasteiger partial charge in [-0.3, -0.25) is 9.59 Å². The summed E-state index contributed by atoms with van der Waals surface area (Å²) in [6.45, 7) is 5.50. The number of anilines is 2. The average molecular weight is 343 g/mol. The molecule has 0 spiro atoms. The molecule has 1 aliphatic heterocycles. The summed E-state index contributed by atoms with van der Waals surface area (Å²) in [6.07, 6.45) is 2.49. The van der Waals surface area contributed by atoms with E-state index in [1.165, 1.54) is 16.8 Å². The van der Waals surface area contributed by atoms with Crippen LogP contribution in [0.15, 0.2) is 35.3 Å². The lowest BCUT2D eigenvalue weighted by atomic mass is 10.3. The van der Waals surface area contributed by atoms with Gasteiger partial charge in [0, 0.05) is 25.7 Å². The van der Waals surface area contributed by atoms with E-state index in [0.29, 0.717) is 25.6 Å². The molecule has 1 aliphatic rings. The first-order chi connectivity index (χ1) is 12.2. The van der Waals surface area contributed by atoms with Crippen LogP contribution in [0.3, 0.4) is 0 Å². The second kappa shape index (κ2) is 7.89. The molecule has 25 heavy (non-hydrogen) atoms. The Bertz CT molecular complexity index is 782. The van der Waals surface area contributed by atoms with E-state index in [0.717, 1.165) is 25.2 Å². The number of pyridine rings is 1. The molecule has 0 aromatic carbocycles. The first-order valence-electron chi connectivity index (χ1n) is 8.35. The van der Waals surface area contributed by atoms with Gasteiger partial charge in [0.15, 0.2) is 0 Å². The Morgan fingerprint density at radius 1 is 1.24 bits per heavy atom. The van der Waals surface area contributed by atoms with Gasteiger partial charge in [0.05, 0.1) is 25.1 Å². The van der Waals surface area contributed by atoms with E-state index in [1.54, 1.807) is 12.3 Å². The molecule has 0 aliphatic carbocycles. The van der Waals surface area contributed by atoms with Crippen LogP contribution in [0, 0.1) is 0 Å². The van der Waals surface area contributed by atoms with Crippen molar-refractivity contribution >= 4 is 17.4 Å². The van der Waals surface area contributed by atoms with Gasteiger partial charge in [0.1, 0.15) is 11.5 Å². The van der Waals surface area contributed by atoms with Crippen LogP contribution in [0.25, 0.3) is 0 Å². The van der Waals surface area contributed by atoms with Crippen LogP contribution in [0.5, 0.6) is 0 Å². The minimum Gasteiger partial charge on any atom is -0.378 e. The number of rotatable bonds is 5. The number of carbonyl (C=O) groups excluding carboxylic acids is 1. The molecule has 1 saturated heterocycles. The zero-order valence-electron chi connectivity index (χ0n) is 14.1. The molecule has 132 valence electrons. The van der Waals surface area contributed by atoms with Crippen LogP contribution in [0.4, 0.5) is 11.5 Å². The summed E-state index contributed by atoms with van der Waals surface area (Å²) in [4.78, 5) is 30.5. The smallest absolute Gasteiger partial charge is 0.277 e. The topological polar surface area (TPSA) is 89.3 Å². The van der Waals surface area contributed by atoms with Crippen LogP contribution >= 0.6 is 0 Å². The average Bonchev–Trinajstić information content (AvgIpc) is 2.65. The molecule has 1 amide bonds. The first kappa shape index (κ1) is 17.1. The van der Waals surface area contributed by atoms with Crippen LogP contribution in [0.1, 0.15) is 23.8 Å². The molecule has 1 N–H and O–H groups in total. The van der Waals surface area contributed by atoms with Crippen LogP contribution in [-0.4, -0.2) is 47.0 Å². The van der Waals surface area contributed by atoms with E-state index >= 15 is 0 Å². The van der Waals surface area contributed by atoms with Gasteiger partial charge in [-0.05, 0) is 24.6 Å². The van der Waals surface area contributed by atoms with Crippen molar-refractivity contribution in [2.45, 2.75) is 19.9 Å². The highest BCUT2D eigenvalue weighted by Gasteiger charge is 2.13. The Labute approximate surface area is 145 Å². The fourth-order valence-electron chi connectivity index (χ4n) is 2.59. The summed E-state index contributed by atoms with van der Waals surface area (Å²) in [5, 5.41) is 6.80. The number of ether oxygens (including phenoxy) is 1. The van der Waals surface area contributed by atoms with Crippen LogP contribution in [0.2, 0.25) is 0 Å². The second-order valence-electron chi connectivity index (χ2n) is 5.74. The zero-order chi connectivity index (χ0) is 17.6. The molecule has 8 heteroatoms. The van der Waals surface area contributed by atoms with Crippen molar-refractivity contribution in [1.82, 2.24) is 14.8 Å². The van der Waals surface area contributed by atoms with Crippen molar-refractivity contribution in [3.63, 3.8) is 0 Å². The van der Waals surface area contributed by atoms with Gasteiger partial charge in [0.2, 0.25) is 0 Å². The summed E-state index contributed by atoms with van der Waals surface area (Å²) < 4.78 is 6.63. The normalized spacial score (nSPS) is 14.4. The lowest BCUT2D eigenvalue weighted by Gasteiger charge is -2.28. The van der Waals surface area contributed by atoms with Crippen molar-refractivity contribution in [2.24, 2.45) is 0 Å². The number of nitrogens with one attached hydrogen (secondary N) is 1. The minimum atomic E-state index is -0.392. The highest BCUT2D eigenvalue weighted by Crippen LogP contribution is 2.16. The molecular formula is C17H21N5O3. The maximum Gasteiger partial charge on any atom is 0.277 e. The van der Waals surface area contributed by atoms with Crippen molar-refractivity contribution in [3.8, 4) is 0 Å². The highest BCUT2D eigenvalue weighted by atomic mass is 16.5. The fraction of sp³-hybridized carbons (Fsp3) is 0.412. The summed E-state index contributed by atoms with van der Waals surface area (Å²) >= 11 is 0. The van der Waals surface area contributed by atoms with Gasteiger partial charge >= 0.3 is 0 Å². The third kappa shape index (κ3) is 4.21. The predicted octanol–water partition coefficient (Wildman–Crippen LogP) is 1.14. The number of amides is 1. The zero-order valence-corrected chi connectivity index (χ0v) is 14.1. The summed E-state index contributed by atoms with van der Waals surface area (Å²) in [5.74, 6) is 0.0496. The number of aromatic nitrogens is 3. The Hall–Kier alpha value is -2.74. The number of morpholine rings is 1. The standard InChI is InChI=1S/C17H21N5O3/c1-2-7-22-16(23)6-4-14(20-22)17(24)19-15-5-3-13(12-18-15)21-8-10-25-11-9-21/h3-6,12H,2,7-11H2,1H3,(H,18,19,24). The molecule has 2 aromatic rings. The monoisotopic (exact) mass is 343 g/mol. The van der Waals surface area contributed by atoms with E-state index in [1.807, 2.05) is 13.0 Å². The number of hydrogen-bond acceptors (Lipinski definition) is 6. The van der Waals surface area contributed by atoms with E-state index in [4.69, 9.17) is 4.74 Å². The van der Waals surface area contributed by atoms with Crippen molar-refractivity contribution < 1.29 is 9.53 Å². The van der Waals surface area contributed by atoms with Gasteiger partial charge in [0.25, 0.3) is 11.5 Å². The largest absolute Gasteiger partial charge is 0.378 e. The molecule has 3 heterocycles. The fourth-order valence-corrected chi connectivity index (χ4v) is 2.59. The Morgan fingerprint density at radius 3 is 2.72 bits per heavy atom. The third-order valence-corrected chi connectivity index (χ3v) is 3.90. The lowest BCUT2D eigenvalue weighted by molar-refractivity contribution is 0.101. The molecule has 0 bridgehead atoms. The molecular weight excluding hydrogens is 322 g/mol. The number of aryl methyl sites for hydroxylation is 1. The predicted molar refractivity (Wildman–Crippen MR) is 94.0 cm³/mol. The molecule has 0 radical (unpaired) electrons. The molecule has 0 atom stereocenters. The molecule has 0 unspecified atom stereocenters. The maximum atomic E-state index is 12.3. The molecule has 2 aromatic heterocycles. The maximum absolute atomic E-state index is 12.3. The summed E-state index contributed by atoms with van der Waals surface area (Å²) in [7, 11) is 0. The van der Waals surface area contributed by atoms with Crippen molar-refractivity contribution in [3.05, 3.63) is 46.5 Å². The number of carbonyl (C=O) groups is 1. The lowest BCUT2D eigenvalue weighted by Crippen LogP contribution is -2.36. The van der Waals surface area contributed by atoms with E-state index < -0.39 is 5.91 Å². The van der Waals surface area contributed by atoms with Gasteiger partial charge in [-0.25, -0.2) is 9.67 Å². The number of nitrogens with zero attached hydrogens (tertiary/aromatic N) is 4. The molecule has 8 nitrogen and oxygen atoms in total. The second-order valence-corrected chi connectivity index (χ2v) is 5.74. The van der Waals surface area contributed by atoms with Crippen LogP contribution < -0.4 is 15.8 Å². The van der Waals surface area contributed by atoms with Gasteiger partial charge in [-0.2, -0.15) is 5.10 Å². The van der Waals surface area contributed by atoms with E-state index in [-0.39, 0.29) is 11.3 Å². The van der Waals surface area contributed by atoms with E-state index in [2.05, 4.69) is 20.3 Å². The van der Waals surface area contributed by atoms with Crippen LogP contribution in [-0.2, 0) is 11.3 Å². The van der Waals surface area contributed by atoms with Crippen molar-refractivity contribution in [2.75, 3.05) is 36.5 Å². The Kier molecular flexibility index (Phi) is 5.39. The summed E-state index contributed by atoms with van der Waals surface area (Å²) in [5.41, 5.74) is 0.967. The highest BCUT2D eigenvalue weighted by molar-refractivity contribution is 6.02. The Morgan fingerprint density at radius 2 is 2.04 bits per heavy atom. The molecule has 3 rings (SSSR count). The number of hydrogen-bond donors (Lipinski definition) is 1. The SMILES string of the molecule is CCCn1nc(C(=O)Nc2ccc(N3CCOCC3)cn2)ccc1=O. The molecule has 1 fully saturated rings. The van der Waals surface area contributed by atoms with E-state index in [9.17, 15) is 9.59 Å². The van der Waals surface area contributed by atoms with Gasteiger partial charge < -0.3 is 15.0 Å². The molecule has 0 saturated carbocycles. The van der Waals surface area contributed by atoms with Crippen molar-refractivity contribution in [1.29, 1.82) is 0 Å².